The zero-order valence-corrected chi connectivity index (χ0v) is 16.9. The van der Waals surface area contributed by atoms with Gasteiger partial charge >= 0.3 is 0 Å². The molecule has 0 radical (unpaired) electrons. The summed E-state index contributed by atoms with van der Waals surface area (Å²) >= 11 is 11.9. The molecule has 1 aliphatic heterocycles. The van der Waals surface area contributed by atoms with Crippen molar-refractivity contribution in [1.82, 2.24) is 9.62 Å². The molecule has 0 bridgehead atoms. The van der Waals surface area contributed by atoms with Crippen LogP contribution in [0.4, 0.5) is 0 Å². The van der Waals surface area contributed by atoms with Gasteiger partial charge in [-0.1, -0.05) is 47.5 Å². The van der Waals surface area contributed by atoms with Crippen LogP contribution in [0, 0.1) is 0 Å². The van der Waals surface area contributed by atoms with Crippen molar-refractivity contribution in [2.45, 2.75) is 19.4 Å². The molecule has 0 saturated carbocycles. The van der Waals surface area contributed by atoms with Crippen LogP contribution in [0.1, 0.15) is 27.9 Å². The Bertz CT molecular complexity index is 948. The lowest BCUT2D eigenvalue weighted by molar-refractivity contribution is 0.0954. The third-order valence-electron chi connectivity index (χ3n) is 4.53. The average Bonchev–Trinajstić information content (AvgIpc) is 2.66. The quantitative estimate of drug-likeness (QED) is 0.718. The number of rotatable bonds is 6. The molecule has 27 heavy (non-hydrogen) atoms. The van der Waals surface area contributed by atoms with Gasteiger partial charge in [-0.3, -0.25) is 4.79 Å². The minimum Gasteiger partial charge on any atom is -0.352 e. The van der Waals surface area contributed by atoms with E-state index in [1.165, 1.54) is 15.9 Å². The van der Waals surface area contributed by atoms with Crippen LogP contribution in [0.15, 0.2) is 42.5 Å². The summed E-state index contributed by atoms with van der Waals surface area (Å²) in [6, 6.07) is 12.5. The van der Waals surface area contributed by atoms with Crippen molar-refractivity contribution < 1.29 is 13.2 Å². The zero-order chi connectivity index (χ0) is 19.4. The van der Waals surface area contributed by atoms with Gasteiger partial charge in [0.2, 0.25) is 10.0 Å². The molecule has 1 aliphatic rings. The molecule has 0 unspecified atom stereocenters. The number of fused-ring (bicyclic) bond motifs is 1. The summed E-state index contributed by atoms with van der Waals surface area (Å²) in [6.07, 6.45) is 1.05. The molecule has 144 valence electrons. The van der Waals surface area contributed by atoms with Gasteiger partial charge in [0.1, 0.15) is 0 Å². The monoisotopic (exact) mass is 426 g/mol. The van der Waals surface area contributed by atoms with Gasteiger partial charge in [0.15, 0.2) is 0 Å². The fourth-order valence-corrected chi connectivity index (χ4v) is 4.91. The maximum atomic E-state index is 12.6. The highest BCUT2D eigenvalue weighted by Gasteiger charge is 2.26. The predicted molar refractivity (Wildman–Crippen MR) is 108 cm³/mol. The minimum absolute atomic E-state index is 0.0152. The lowest BCUT2D eigenvalue weighted by Crippen LogP contribution is -2.38. The Hall–Kier alpha value is -1.60. The number of sulfonamides is 1. The van der Waals surface area contributed by atoms with Gasteiger partial charge in [0, 0.05) is 24.7 Å². The van der Waals surface area contributed by atoms with Gasteiger partial charge < -0.3 is 5.32 Å². The number of halogens is 2. The van der Waals surface area contributed by atoms with E-state index in [0.29, 0.717) is 29.6 Å². The van der Waals surface area contributed by atoms with Crippen molar-refractivity contribution in [1.29, 1.82) is 0 Å². The number of nitrogens with zero attached hydrogens (tertiary/aromatic N) is 1. The topological polar surface area (TPSA) is 66.5 Å². The Morgan fingerprint density at radius 1 is 1.11 bits per heavy atom. The number of hydrogen-bond acceptors (Lipinski definition) is 3. The van der Waals surface area contributed by atoms with E-state index in [-0.39, 0.29) is 23.8 Å². The van der Waals surface area contributed by atoms with E-state index >= 15 is 0 Å². The van der Waals surface area contributed by atoms with E-state index in [4.69, 9.17) is 23.2 Å². The standard InChI is InChI=1S/C19H20Cl2N2O3S/c20-16-6-7-18(21)17(12-16)19(24)22-9-3-11-27(25,26)23-10-8-14-4-1-2-5-15(14)13-23/h1-2,4-7,12H,3,8-11,13H2,(H,22,24). The zero-order valence-electron chi connectivity index (χ0n) is 14.6. The molecule has 1 N–H and O–H groups in total. The largest absolute Gasteiger partial charge is 0.352 e. The first kappa shape index (κ1) is 20.1. The van der Waals surface area contributed by atoms with E-state index in [9.17, 15) is 13.2 Å². The first-order valence-corrected chi connectivity index (χ1v) is 11.0. The van der Waals surface area contributed by atoms with E-state index in [1.807, 2.05) is 24.3 Å². The highest BCUT2D eigenvalue weighted by Crippen LogP contribution is 2.22. The molecule has 3 rings (SSSR count). The van der Waals surface area contributed by atoms with Crippen LogP contribution in [0.5, 0.6) is 0 Å². The van der Waals surface area contributed by atoms with Crippen LogP contribution in [0.3, 0.4) is 0 Å². The van der Waals surface area contributed by atoms with Gasteiger partial charge in [0.05, 0.1) is 16.3 Å². The van der Waals surface area contributed by atoms with Crippen molar-refractivity contribution in [2.75, 3.05) is 18.8 Å². The van der Waals surface area contributed by atoms with Crippen molar-refractivity contribution in [3.05, 3.63) is 69.2 Å². The van der Waals surface area contributed by atoms with Crippen molar-refractivity contribution in [2.24, 2.45) is 0 Å². The molecular weight excluding hydrogens is 407 g/mol. The van der Waals surface area contributed by atoms with Gasteiger partial charge in [-0.2, -0.15) is 4.31 Å². The fraction of sp³-hybridized carbons (Fsp3) is 0.316. The number of carbonyl (C=O) groups excluding carboxylic acids is 1. The number of amides is 1. The molecule has 1 heterocycles. The summed E-state index contributed by atoms with van der Waals surface area (Å²) in [5, 5.41) is 3.41. The maximum Gasteiger partial charge on any atom is 0.252 e. The number of nitrogens with one attached hydrogen (secondary N) is 1. The normalized spacial score (nSPS) is 14.6. The summed E-state index contributed by atoms with van der Waals surface area (Å²) in [6.45, 7) is 1.14. The van der Waals surface area contributed by atoms with Gasteiger partial charge in [-0.15, -0.1) is 0 Å². The second kappa shape index (κ2) is 8.61. The summed E-state index contributed by atoms with van der Waals surface area (Å²) in [7, 11) is -3.37. The third kappa shape index (κ3) is 5.02. The molecule has 1 amide bonds. The van der Waals surface area contributed by atoms with Crippen molar-refractivity contribution in [3.63, 3.8) is 0 Å². The molecule has 0 spiro atoms. The molecule has 0 aliphatic carbocycles. The lowest BCUT2D eigenvalue weighted by Gasteiger charge is -2.28. The Morgan fingerprint density at radius 3 is 2.63 bits per heavy atom. The third-order valence-corrected chi connectivity index (χ3v) is 6.99. The van der Waals surface area contributed by atoms with E-state index in [2.05, 4.69) is 5.32 Å². The number of carbonyl (C=O) groups is 1. The van der Waals surface area contributed by atoms with Gasteiger partial charge in [-0.25, -0.2) is 8.42 Å². The minimum atomic E-state index is -3.37. The van der Waals surface area contributed by atoms with Crippen molar-refractivity contribution in [3.8, 4) is 0 Å². The Kier molecular flexibility index (Phi) is 6.42. The van der Waals surface area contributed by atoms with Crippen LogP contribution in [0.2, 0.25) is 10.0 Å². The molecule has 8 heteroatoms. The summed E-state index contributed by atoms with van der Waals surface area (Å²) < 4.78 is 26.7. The maximum absolute atomic E-state index is 12.6. The second-order valence-electron chi connectivity index (χ2n) is 6.40. The Morgan fingerprint density at radius 2 is 1.85 bits per heavy atom. The van der Waals surface area contributed by atoms with Crippen molar-refractivity contribution >= 4 is 39.1 Å². The Labute approximate surface area is 169 Å². The van der Waals surface area contributed by atoms with Gasteiger partial charge in [0.25, 0.3) is 5.91 Å². The molecule has 5 nitrogen and oxygen atoms in total. The molecule has 0 fully saturated rings. The van der Waals surface area contributed by atoms with E-state index in [0.717, 1.165) is 12.0 Å². The number of hydrogen-bond donors (Lipinski definition) is 1. The predicted octanol–water partition coefficient (Wildman–Crippen LogP) is 3.50. The smallest absolute Gasteiger partial charge is 0.252 e. The first-order chi connectivity index (χ1) is 12.9. The van der Waals surface area contributed by atoms with Crippen LogP contribution in [-0.4, -0.2) is 37.5 Å². The first-order valence-electron chi connectivity index (χ1n) is 8.65. The molecule has 0 atom stereocenters. The molecular formula is C19H20Cl2N2O3S. The Balaban J connectivity index is 1.51. The molecule has 0 saturated heterocycles. The molecule has 2 aromatic carbocycles. The SMILES string of the molecule is O=C(NCCCS(=O)(=O)N1CCc2ccccc2C1)c1cc(Cl)ccc1Cl. The highest BCUT2D eigenvalue weighted by atomic mass is 35.5. The van der Waals surface area contributed by atoms with Crippen LogP contribution >= 0.6 is 23.2 Å². The number of benzene rings is 2. The van der Waals surface area contributed by atoms with Crippen LogP contribution < -0.4 is 5.32 Å². The lowest BCUT2D eigenvalue weighted by atomic mass is 10.0. The highest BCUT2D eigenvalue weighted by molar-refractivity contribution is 7.89. The van der Waals surface area contributed by atoms with Crippen LogP contribution in [-0.2, 0) is 23.0 Å². The molecule has 0 aromatic heterocycles. The van der Waals surface area contributed by atoms with E-state index in [1.54, 1.807) is 12.1 Å². The van der Waals surface area contributed by atoms with E-state index < -0.39 is 10.0 Å². The summed E-state index contributed by atoms with van der Waals surface area (Å²) in [5.74, 6) is -0.384. The fourth-order valence-electron chi connectivity index (χ4n) is 3.06. The average molecular weight is 427 g/mol. The molecule has 2 aromatic rings. The summed E-state index contributed by atoms with van der Waals surface area (Å²) in [4.78, 5) is 12.2. The van der Waals surface area contributed by atoms with Crippen LogP contribution in [0.25, 0.3) is 0 Å². The second-order valence-corrected chi connectivity index (χ2v) is 9.33. The summed E-state index contributed by atoms with van der Waals surface area (Å²) in [5.41, 5.74) is 2.53. The van der Waals surface area contributed by atoms with Gasteiger partial charge in [-0.05, 0) is 42.2 Å².